The molecular formula is C18H26N2O. The van der Waals surface area contributed by atoms with Crippen molar-refractivity contribution in [3.05, 3.63) is 35.4 Å². The molecule has 0 heterocycles. The number of nitrogens with one attached hydrogen (secondary N) is 1. The van der Waals surface area contributed by atoms with Crippen molar-refractivity contribution in [2.45, 2.75) is 62.8 Å². The van der Waals surface area contributed by atoms with E-state index in [0.29, 0.717) is 0 Å². The lowest BCUT2D eigenvalue weighted by Gasteiger charge is -2.39. The minimum atomic E-state index is -0.568. The molecule has 21 heavy (non-hydrogen) atoms. The van der Waals surface area contributed by atoms with Crippen LogP contribution in [0.25, 0.3) is 0 Å². The largest absolute Gasteiger partial charge is 0.354 e. The predicted octanol–water partition coefficient (Wildman–Crippen LogP) is 2.80. The average Bonchev–Trinajstić information content (AvgIpc) is 3.25. The highest BCUT2D eigenvalue weighted by molar-refractivity contribution is 5.89. The SMILES string of the molecule is Cc1ccccc1C1(CNC(=O)C2(N)CC2)CCCCC1. The first-order valence-electron chi connectivity index (χ1n) is 8.19. The van der Waals surface area contributed by atoms with Crippen molar-refractivity contribution >= 4 is 5.91 Å². The minimum Gasteiger partial charge on any atom is -0.354 e. The maximum atomic E-state index is 12.2. The third-order valence-electron chi connectivity index (χ3n) is 5.36. The Morgan fingerprint density at radius 1 is 1.14 bits per heavy atom. The van der Waals surface area contributed by atoms with Crippen LogP contribution in [0.5, 0.6) is 0 Å². The molecule has 114 valence electrons. The number of carbonyl (C=O) groups excluding carboxylic acids is 1. The summed E-state index contributed by atoms with van der Waals surface area (Å²) in [4.78, 5) is 12.2. The topological polar surface area (TPSA) is 55.1 Å². The zero-order chi connectivity index (χ0) is 14.9. The second-order valence-electron chi connectivity index (χ2n) is 6.99. The molecule has 0 atom stereocenters. The molecule has 3 nitrogen and oxygen atoms in total. The Kier molecular flexibility index (Phi) is 3.78. The standard InChI is InChI=1S/C18H26N2O/c1-14-7-3-4-8-15(14)17(9-5-2-6-10-17)13-20-16(21)18(19)11-12-18/h3-4,7-8H,2,5-6,9-13,19H2,1H3,(H,20,21). The number of hydrogen-bond acceptors (Lipinski definition) is 2. The number of aryl methyl sites for hydroxylation is 1. The van der Waals surface area contributed by atoms with Gasteiger partial charge in [-0.15, -0.1) is 0 Å². The van der Waals surface area contributed by atoms with Crippen LogP contribution in [0.15, 0.2) is 24.3 Å². The van der Waals surface area contributed by atoms with E-state index in [9.17, 15) is 4.79 Å². The third kappa shape index (κ3) is 2.84. The maximum Gasteiger partial charge on any atom is 0.240 e. The molecule has 0 spiro atoms. The molecule has 1 amide bonds. The van der Waals surface area contributed by atoms with Crippen molar-refractivity contribution in [1.29, 1.82) is 0 Å². The number of rotatable bonds is 4. The van der Waals surface area contributed by atoms with Crippen LogP contribution in [0.2, 0.25) is 0 Å². The Morgan fingerprint density at radius 3 is 2.43 bits per heavy atom. The van der Waals surface area contributed by atoms with Crippen molar-refractivity contribution in [3.8, 4) is 0 Å². The highest BCUT2D eigenvalue weighted by Gasteiger charge is 2.46. The smallest absolute Gasteiger partial charge is 0.240 e. The van der Waals surface area contributed by atoms with E-state index >= 15 is 0 Å². The van der Waals surface area contributed by atoms with Gasteiger partial charge in [0.1, 0.15) is 0 Å². The summed E-state index contributed by atoms with van der Waals surface area (Å²) in [5.41, 5.74) is 8.28. The van der Waals surface area contributed by atoms with E-state index in [2.05, 4.69) is 36.5 Å². The van der Waals surface area contributed by atoms with Crippen LogP contribution in [-0.4, -0.2) is 18.0 Å². The molecular weight excluding hydrogens is 260 g/mol. The summed E-state index contributed by atoms with van der Waals surface area (Å²) in [6, 6.07) is 8.62. The van der Waals surface area contributed by atoms with E-state index in [1.165, 1.54) is 30.4 Å². The number of amides is 1. The summed E-state index contributed by atoms with van der Waals surface area (Å²) in [6.07, 6.45) is 7.79. The van der Waals surface area contributed by atoms with Crippen LogP contribution in [0.3, 0.4) is 0 Å². The summed E-state index contributed by atoms with van der Waals surface area (Å²) in [5.74, 6) is 0.0426. The second kappa shape index (κ2) is 5.45. The number of nitrogens with two attached hydrogens (primary N) is 1. The van der Waals surface area contributed by atoms with Gasteiger partial charge in [-0.25, -0.2) is 0 Å². The molecule has 1 aromatic carbocycles. The Hall–Kier alpha value is -1.35. The number of benzene rings is 1. The fourth-order valence-corrected chi connectivity index (χ4v) is 3.73. The van der Waals surface area contributed by atoms with E-state index < -0.39 is 5.54 Å². The molecule has 3 heteroatoms. The molecule has 0 bridgehead atoms. The zero-order valence-corrected chi connectivity index (χ0v) is 13.0. The fraction of sp³-hybridized carbons (Fsp3) is 0.611. The lowest BCUT2D eigenvalue weighted by molar-refractivity contribution is -0.123. The molecule has 3 rings (SSSR count). The summed E-state index contributed by atoms with van der Waals surface area (Å²) in [7, 11) is 0. The molecule has 2 aliphatic carbocycles. The van der Waals surface area contributed by atoms with Crippen molar-refractivity contribution in [2.24, 2.45) is 5.73 Å². The summed E-state index contributed by atoms with van der Waals surface area (Å²) >= 11 is 0. The van der Waals surface area contributed by atoms with Gasteiger partial charge in [-0.05, 0) is 43.7 Å². The van der Waals surface area contributed by atoms with Crippen molar-refractivity contribution in [3.63, 3.8) is 0 Å². The van der Waals surface area contributed by atoms with Crippen LogP contribution in [0.4, 0.5) is 0 Å². The molecule has 2 fully saturated rings. The molecule has 1 aromatic rings. The van der Waals surface area contributed by atoms with Gasteiger partial charge in [-0.2, -0.15) is 0 Å². The molecule has 0 saturated heterocycles. The monoisotopic (exact) mass is 286 g/mol. The Balaban J connectivity index is 1.80. The molecule has 0 radical (unpaired) electrons. The highest BCUT2D eigenvalue weighted by atomic mass is 16.2. The fourth-order valence-electron chi connectivity index (χ4n) is 3.73. The maximum absolute atomic E-state index is 12.2. The molecule has 2 saturated carbocycles. The van der Waals surface area contributed by atoms with Crippen LogP contribution >= 0.6 is 0 Å². The van der Waals surface area contributed by atoms with Gasteiger partial charge in [-0.3, -0.25) is 4.79 Å². The predicted molar refractivity (Wildman–Crippen MR) is 85.1 cm³/mol. The second-order valence-corrected chi connectivity index (χ2v) is 6.99. The van der Waals surface area contributed by atoms with E-state index in [4.69, 9.17) is 5.73 Å². The lowest BCUT2D eigenvalue weighted by Crippen LogP contribution is -2.49. The first-order valence-corrected chi connectivity index (χ1v) is 8.19. The van der Waals surface area contributed by atoms with Crippen LogP contribution < -0.4 is 11.1 Å². The van der Waals surface area contributed by atoms with E-state index in [1.54, 1.807) is 0 Å². The average molecular weight is 286 g/mol. The Labute approximate surface area is 127 Å². The quantitative estimate of drug-likeness (QED) is 0.894. The van der Waals surface area contributed by atoms with Gasteiger partial charge in [0.25, 0.3) is 0 Å². The van der Waals surface area contributed by atoms with Gasteiger partial charge in [-0.1, -0.05) is 43.5 Å². The first kappa shape index (κ1) is 14.6. The number of hydrogen-bond donors (Lipinski definition) is 2. The first-order chi connectivity index (χ1) is 10.1. The molecule has 0 aliphatic heterocycles. The molecule has 0 unspecified atom stereocenters. The van der Waals surface area contributed by atoms with Crippen LogP contribution in [-0.2, 0) is 10.2 Å². The Bertz CT molecular complexity index is 528. The molecule has 0 aromatic heterocycles. The van der Waals surface area contributed by atoms with Crippen molar-refractivity contribution in [1.82, 2.24) is 5.32 Å². The van der Waals surface area contributed by atoms with Gasteiger partial charge in [0.05, 0.1) is 5.54 Å². The van der Waals surface area contributed by atoms with Gasteiger partial charge >= 0.3 is 0 Å². The van der Waals surface area contributed by atoms with Crippen LogP contribution in [0.1, 0.15) is 56.1 Å². The third-order valence-corrected chi connectivity index (χ3v) is 5.36. The van der Waals surface area contributed by atoms with Crippen LogP contribution in [0, 0.1) is 6.92 Å². The van der Waals surface area contributed by atoms with E-state index in [0.717, 1.165) is 32.2 Å². The Morgan fingerprint density at radius 2 is 1.81 bits per heavy atom. The van der Waals surface area contributed by atoms with Gasteiger partial charge in [0.2, 0.25) is 5.91 Å². The van der Waals surface area contributed by atoms with Gasteiger partial charge in [0, 0.05) is 12.0 Å². The van der Waals surface area contributed by atoms with Crippen molar-refractivity contribution < 1.29 is 4.79 Å². The normalized spacial score (nSPS) is 22.6. The van der Waals surface area contributed by atoms with Gasteiger partial charge in [0.15, 0.2) is 0 Å². The van der Waals surface area contributed by atoms with E-state index in [-0.39, 0.29) is 11.3 Å². The summed E-state index contributed by atoms with van der Waals surface area (Å²) in [5, 5.41) is 3.16. The molecule has 3 N–H and O–H groups in total. The minimum absolute atomic E-state index is 0.0426. The summed E-state index contributed by atoms with van der Waals surface area (Å²) in [6.45, 7) is 2.91. The van der Waals surface area contributed by atoms with Gasteiger partial charge < -0.3 is 11.1 Å². The zero-order valence-electron chi connectivity index (χ0n) is 13.0. The molecule has 2 aliphatic rings. The lowest BCUT2D eigenvalue weighted by atomic mass is 9.68. The van der Waals surface area contributed by atoms with E-state index in [1.807, 2.05) is 0 Å². The highest BCUT2D eigenvalue weighted by Crippen LogP contribution is 2.41. The number of carbonyl (C=O) groups is 1. The summed E-state index contributed by atoms with van der Waals surface area (Å²) < 4.78 is 0. The van der Waals surface area contributed by atoms with Crippen molar-refractivity contribution in [2.75, 3.05) is 6.54 Å².